The Morgan fingerprint density at radius 2 is 1.91 bits per heavy atom. The number of carbonyl (C=O) groups is 1. The van der Waals surface area contributed by atoms with Crippen LogP contribution in [0.25, 0.3) is 0 Å². The molecule has 118 valence electrons. The summed E-state index contributed by atoms with van der Waals surface area (Å²) in [5.74, 6) is -0.106. The lowest BCUT2D eigenvalue weighted by Crippen LogP contribution is -2.22. The van der Waals surface area contributed by atoms with Crippen molar-refractivity contribution in [1.29, 1.82) is 0 Å². The maximum Gasteiger partial charge on any atom is 0.416 e. The lowest BCUT2D eigenvalue weighted by Gasteiger charge is -2.07. The second kappa shape index (κ2) is 6.48. The fourth-order valence-electron chi connectivity index (χ4n) is 1.74. The van der Waals surface area contributed by atoms with E-state index >= 15 is 0 Å². The van der Waals surface area contributed by atoms with Crippen LogP contribution in [0, 0.1) is 0 Å². The fraction of sp³-hybridized carbons (Fsp3) is 0.333. The first kappa shape index (κ1) is 16.5. The van der Waals surface area contributed by atoms with Crippen molar-refractivity contribution in [2.24, 2.45) is 0 Å². The predicted octanol–water partition coefficient (Wildman–Crippen LogP) is 4.22. The van der Waals surface area contributed by atoms with Crippen LogP contribution in [-0.4, -0.2) is 10.9 Å². The minimum absolute atomic E-state index is 0.189. The van der Waals surface area contributed by atoms with Crippen molar-refractivity contribution in [1.82, 2.24) is 10.3 Å². The Labute approximate surface area is 130 Å². The number of alkyl halides is 3. The molecular formula is C15H15F3N2OS. The summed E-state index contributed by atoms with van der Waals surface area (Å²) in [6, 6.07) is 4.13. The predicted molar refractivity (Wildman–Crippen MR) is 78.8 cm³/mol. The number of nitrogens with zero attached hydrogens (tertiary/aromatic N) is 1. The summed E-state index contributed by atoms with van der Waals surface area (Å²) in [6.45, 7) is 4.32. The molecule has 0 bridgehead atoms. The minimum Gasteiger partial charge on any atom is -0.346 e. The topological polar surface area (TPSA) is 42.0 Å². The molecule has 3 nitrogen and oxygen atoms in total. The van der Waals surface area contributed by atoms with Crippen LogP contribution in [0.15, 0.2) is 29.6 Å². The number of halogens is 3. The summed E-state index contributed by atoms with van der Waals surface area (Å²) in [7, 11) is 0. The molecule has 1 aromatic heterocycles. The van der Waals surface area contributed by atoms with Crippen LogP contribution in [0.4, 0.5) is 13.2 Å². The van der Waals surface area contributed by atoms with E-state index < -0.39 is 17.6 Å². The van der Waals surface area contributed by atoms with Gasteiger partial charge in [0.2, 0.25) is 0 Å². The van der Waals surface area contributed by atoms with Crippen molar-refractivity contribution in [3.8, 4) is 0 Å². The van der Waals surface area contributed by atoms with E-state index in [0.717, 1.165) is 22.8 Å². The van der Waals surface area contributed by atoms with Gasteiger partial charge in [0.1, 0.15) is 5.01 Å². The summed E-state index contributed by atoms with van der Waals surface area (Å²) >= 11 is 1.45. The third-order valence-corrected chi connectivity index (χ3v) is 3.90. The SMILES string of the molecule is CC(C)c1csc(CNC(=O)c2ccc(C(F)(F)F)cc2)n1. The first-order chi connectivity index (χ1) is 10.3. The van der Waals surface area contributed by atoms with E-state index in [2.05, 4.69) is 10.3 Å². The summed E-state index contributed by atoms with van der Waals surface area (Å²) in [6.07, 6.45) is -4.40. The molecule has 0 atom stereocenters. The third-order valence-electron chi connectivity index (χ3n) is 3.04. The highest BCUT2D eigenvalue weighted by atomic mass is 32.1. The van der Waals surface area contributed by atoms with Crippen molar-refractivity contribution in [3.05, 3.63) is 51.5 Å². The average Bonchev–Trinajstić information content (AvgIpc) is 2.93. The molecule has 0 saturated carbocycles. The highest BCUT2D eigenvalue weighted by molar-refractivity contribution is 7.09. The van der Waals surface area contributed by atoms with Crippen LogP contribution in [-0.2, 0) is 12.7 Å². The summed E-state index contributed by atoms with van der Waals surface area (Å²) in [4.78, 5) is 16.3. The van der Waals surface area contributed by atoms with Gasteiger partial charge >= 0.3 is 6.18 Å². The number of rotatable bonds is 4. The summed E-state index contributed by atoms with van der Waals surface area (Å²) in [5, 5.41) is 5.36. The first-order valence-corrected chi connectivity index (χ1v) is 7.55. The van der Waals surface area contributed by atoms with Crippen LogP contribution >= 0.6 is 11.3 Å². The molecule has 1 N–H and O–H groups in total. The number of hydrogen-bond donors (Lipinski definition) is 1. The number of thiazole rings is 1. The monoisotopic (exact) mass is 328 g/mol. The summed E-state index contributed by atoms with van der Waals surface area (Å²) in [5.41, 5.74) is 0.378. The smallest absolute Gasteiger partial charge is 0.346 e. The Hall–Kier alpha value is -1.89. The van der Waals surface area contributed by atoms with Crippen molar-refractivity contribution >= 4 is 17.2 Å². The molecule has 0 saturated heterocycles. The molecule has 0 aliphatic carbocycles. The Kier molecular flexibility index (Phi) is 4.85. The van der Waals surface area contributed by atoms with Gasteiger partial charge in [-0.1, -0.05) is 13.8 Å². The second-order valence-electron chi connectivity index (χ2n) is 5.08. The van der Waals surface area contributed by atoms with Gasteiger partial charge in [-0.3, -0.25) is 4.79 Å². The van der Waals surface area contributed by atoms with E-state index in [1.54, 1.807) is 0 Å². The highest BCUT2D eigenvalue weighted by Crippen LogP contribution is 2.29. The van der Waals surface area contributed by atoms with Crippen molar-refractivity contribution in [2.75, 3.05) is 0 Å². The number of hydrogen-bond acceptors (Lipinski definition) is 3. The van der Waals surface area contributed by atoms with Crippen molar-refractivity contribution in [2.45, 2.75) is 32.5 Å². The number of benzene rings is 1. The largest absolute Gasteiger partial charge is 0.416 e. The Bertz CT molecular complexity index is 648. The number of amides is 1. The zero-order valence-corrected chi connectivity index (χ0v) is 12.9. The normalized spacial score (nSPS) is 11.7. The van der Waals surface area contributed by atoms with E-state index in [0.29, 0.717) is 5.92 Å². The molecular weight excluding hydrogens is 313 g/mol. The van der Waals surface area contributed by atoms with E-state index in [1.165, 1.54) is 23.5 Å². The van der Waals surface area contributed by atoms with E-state index in [4.69, 9.17) is 0 Å². The molecule has 0 aliphatic heterocycles. The molecule has 1 amide bonds. The first-order valence-electron chi connectivity index (χ1n) is 6.67. The maximum absolute atomic E-state index is 12.5. The highest BCUT2D eigenvalue weighted by Gasteiger charge is 2.30. The standard InChI is InChI=1S/C15H15F3N2OS/c1-9(2)12-8-22-13(20-12)7-19-14(21)10-3-5-11(6-4-10)15(16,17)18/h3-6,8-9H,7H2,1-2H3,(H,19,21). The molecule has 0 spiro atoms. The molecule has 1 aromatic carbocycles. The van der Waals surface area contributed by atoms with Gasteiger partial charge in [0.05, 0.1) is 17.8 Å². The number of aromatic nitrogens is 1. The van der Waals surface area contributed by atoms with Crippen LogP contribution in [0.3, 0.4) is 0 Å². The number of nitrogens with one attached hydrogen (secondary N) is 1. The van der Waals surface area contributed by atoms with Crippen LogP contribution in [0.2, 0.25) is 0 Å². The second-order valence-corrected chi connectivity index (χ2v) is 6.02. The van der Waals surface area contributed by atoms with Gasteiger partial charge in [0.25, 0.3) is 5.91 Å². The van der Waals surface area contributed by atoms with Gasteiger partial charge in [-0.15, -0.1) is 11.3 Å². The van der Waals surface area contributed by atoms with Crippen LogP contribution in [0.5, 0.6) is 0 Å². The molecule has 2 rings (SSSR count). The molecule has 2 aromatic rings. The van der Waals surface area contributed by atoms with E-state index in [9.17, 15) is 18.0 Å². The third kappa shape index (κ3) is 4.07. The molecule has 1 heterocycles. The molecule has 0 aliphatic rings. The zero-order valence-electron chi connectivity index (χ0n) is 12.1. The Morgan fingerprint density at radius 1 is 1.27 bits per heavy atom. The molecule has 22 heavy (non-hydrogen) atoms. The summed E-state index contributed by atoms with van der Waals surface area (Å²) < 4.78 is 37.4. The van der Waals surface area contributed by atoms with E-state index in [-0.39, 0.29) is 12.1 Å². The van der Waals surface area contributed by atoms with Gasteiger partial charge in [0.15, 0.2) is 0 Å². The fourth-order valence-corrected chi connectivity index (χ4v) is 2.64. The lowest BCUT2D eigenvalue weighted by atomic mass is 10.1. The van der Waals surface area contributed by atoms with Crippen LogP contribution in [0.1, 0.15) is 46.4 Å². The molecule has 0 unspecified atom stereocenters. The lowest BCUT2D eigenvalue weighted by molar-refractivity contribution is -0.137. The van der Waals surface area contributed by atoms with Crippen molar-refractivity contribution in [3.63, 3.8) is 0 Å². The van der Waals surface area contributed by atoms with Crippen molar-refractivity contribution < 1.29 is 18.0 Å². The van der Waals surface area contributed by atoms with Gasteiger partial charge in [-0.2, -0.15) is 13.2 Å². The van der Waals surface area contributed by atoms with Gasteiger partial charge < -0.3 is 5.32 Å². The van der Waals surface area contributed by atoms with Gasteiger partial charge in [-0.05, 0) is 30.2 Å². The van der Waals surface area contributed by atoms with Crippen LogP contribution < -0.4 is 5.32 Å². The maximum atomic E-state index is 12.5. The molecule has 7 heteroatoms. The van der Waals surface area contributed by atoms with Gasteiger partial charge in [-0.25, -0.2) is 4.98 Å². The van der Waals surface area contributed by atoms with E-state index in [1.807, 2.05) is 19.2 Å². The molecule has 0 fully saturated rings. The van der Waals surface area contributed by atoms with Gasteiger partial charge in [0, 0.05) is 10.9 Å². The Morgan fingerprint density at radius 3 is 2.41 bits per heavy atom. The molecule has 0 radical (unpaired) electrons. The average molecular weight is 328 g/mol. The Balaban J connectivity index is 1.97. The quantitative estimate of drug-likeness (QED) is 0.913. The zero-order chi connectivity index (χ0) is 16.3. The number of carbonyl (C=O) groups excluding carboxylic acids is 1. The minimum atomic E-state index is -4.40.